The van der Waals surface area contributed by atoms with E-state index in [4.69, 9.17) is 0 Å². The number of hydrogen-bond acceptors (Lipinski definition) is 2. The van der Waals surface area contributed by atoms with Crippen LogP contribution in [0.2, 0.25) is 0 Å². The molecule has 1 aromatic carbocycles. The molecule has 1 saturated heterocycles. The van der Waals surface area contributed by atoms with Crippen molar-refractivity contribution in [3.63, 3.8) is 0 Å². The molecule has 2 rings (SSSR count). The summed E-state index contributed by atoms with van der Waals surface area (Å²) in [5.41, 5.74) is 0.547. The Morgan fingerprint density at radius 2 is 2.14 bits per heavy atom. The molecule has 5 heteroatoms. The number of carbonyl (C=O) groups excluding carboxylic acids is 1. The quantitative estimate of drug-likeness (QED) is 0.899. The van der Waals surface area contributed by atoms with E-state index in [0.29, 0.717) is 24.9 Å². The summed E-state index contributed by atoms with van der Waals surface area (Å²) in [7, 11) is 0. The predicted molar refractivity (Wildman–Crippen MR) is 84.4 cm³/mol. The molecule has 1 unspecified atom stereocenters. The zero-order valence-electron chi connectivity index (χ0n) is 12.4. The Hall–Kier alpha value is -1.36. The van der Waals surface area contributed by atoms with Crippen LogP contribution in [0.15, 0.2) is 22.7 Å². The number of carboxylic acids is 1. The van der Waals surface area contributed by atoms with Gasteiger partial charge in [-0.25, -0.2) is 4.79 Å². The molecule has 0 aromatic heterocycles. The van der Waals surface area contributed by atoms with E-state index in [9.17, 15) is 14.7 Å². The standard InChI is InChI=1S/C16H20BrNO3/c1-3-7-16(15(20)21)8-4-9-18(16)14(19)12-6-5-11(2)13(17)10-12/h5-6,10H,3-4,7-9H2,1-2H3,(H,20,21). The summed E-state index contributed by atoms with van der Waals surface area (Å²) in [5, 5.41) is 9.66. The molecule has 1 aliphatic heterocycles. The van der Waals surface area contributed by atoms with E-state index in [1.54, 1.807) is 17.0 Å². The van der Waals surface area contributed by atoms with Gasteiger partial charge in [-0.15, -0.1) is 0 Å². The number of hydrogen-bond donors (Lipinski definition) is 1. The second-order valence-electron chi connectivity index (χ2n) is 5.61. The maximum atomic E-state index is 12.7. The van der Waals surface area contributed by atoms with Gasteiger partial charge in [0.25, 0.3) is 5.91 Å². The van der Waals surface area contributed by atoms with E-state index >= 15 is 0 Å². The Labute approximate surface area is 133 Å². The topological polar surface area (TPSA) is 57.6 Å². The lowest BCUT2D eigenvalue weighted by Gasteiger charge is -2.34. The van der Waals surface area contributed by atoms with Crippen LogP contribution in [0.4, 0.5) is 0 Å². The van der Waals surface area contributed by atoms with Crippen LogP contribution in [-0.2, 0) is 4.79 Å². The minimum atomic E-state index is -1.04. The van der Waals surface area contributed by atoms with Crippen molar-refractivity contribution < 1.29 is 14.7 Å². The van der Waals surface area contributed by atoms with E-state index in [1.165, 1.54) is 0 Å². The van der Waals surface area contributed by atoms with Gasteiger partial charge in [-0.2, -0.15) is 0 Å². The van der Waals surface area contributed by atoms with Crippen LogP contribution in [-0.4, -0.2) is 34.0 Å². The normalized spacial score (nSPS) is 21.6. The molecule has 1 N–H and O–H groups in total. The second kappa shape index (κ2) is 6.18. The third-order valence-electron chi connectivity index (χ3n) is 4.21. The monoisotopic (exact) mass is 353 g/mol. The van der Waals surface area contributed by atoms with Gasteiger partial charge >= 0.3 is 5.97 Å². The Bertz CT molecular complexity index is 573. The largest absolute Gasteiger partial charge is 0.479 e. The molecule has 21 heavy (non-hydrogen) atoms. The van der Waals surface area contributed by atoms with E-state index in [1.807, 2.05) is 19.9 Å². The fraction of sp³-hybridized carbons (Fsp3) is 0.500. The van der Waals surface area contributed by atoms with Gasteiger partial charge in [0, 0.05) is 16.6 Å². The van der Waals surface area contributed by atoms with Gasteiger partial charge in [0.2, 0.25) is 0 Å². The smallest absolute Gasteiger partial charge is 0.329 e. The zero-order chi connectivity index (χ0) is 15.6. The molecule has 114 valence electrons. The molecular weight excluding hydrogens is 334 g/mol. The minimum absolute atomic E-state index is 0.191. The van der Waals surface area contributed by atoms with E-state index in [-0.39, 0.29) is 5.91 Å². The maximum Gasteiger partial charge on any atom is 0.329 e. The number of nitrogens with zero attached hydrogens (tertiary/aromatic N) is 1. The lowest BCUT2D eigenvalue weighted by molar-refractivity contribution is -0.148. The van der Waals surface area contributed by atoms with Crippen LogP contribution in [0.25, 0.3) is 0 Å². The number of aryl methyl sites for hydroxylation is 1. The fourth-order valence-electron chi connectivity index (χ4n) is 3.06. The first-order valence-electron chi connectivity index (χ1n) is 7.24. The first-order chi connectivity index (χ1) is 9.92. The van der Waals surface area contributed by atoms with Crippen molar-refractivity contribution in [3.05, 3.63) is 33.8 Å². The molecule has 1 aromatic rings. The first kappa shape index (κ1) is 16.0. The average Bonchev–Trinajstić information content (AvgIpc) is 2.86. The van der Waals surface area contributed by atoms with Crippen LogP contribution in [0.3, 0.4) is 0 Å². The molecule has 1 amide bonds. The Morgan fingerprint density at radius 3 is 2.71 bits per heavy atom. The van der Waals surface area contributed by atoms with Crippen molar-refractivity contribution in [1.82, 2.24) is 4.90 Å². The first-order valence-corrected chi connectivity index (χ1v) is 8.03. The van der Waals surface area contributed by atoms with E-state index in [0.717, 1.165) is 22.9 Å². The number of rotatable bonds is 4. The van der Waals surface area contributed by atoms with Crippen LogP contribution in [0.5, 0.6) is 0 Å². The molecule has 4 nitrogen and oxygen atoms in total. The lowest BCUT2D eigenvalue weighted by Crippen LogP contribution is -2.53. The number of carbonyl (C=O) groups is 2. The van der Waals surface area contributed by atoms with Crippen molar-refractivity contribution in [2.45, 2.75) is 45.1 Å². The summed E-state index contributed by atoms with van der Waals surface area (Å²) in [6.07, 6.45) is 2.52. The highest BCUT2D eigenvalue weighted by molar-refractivity contribution is 9.10. The summed E-state index contributed by atoms with van der Waals surface area (Å²) in [5.74, 6) is -1.08. The highest BCUT2D eigenvalue weighted by Gasteiger charge is 2.49. The fourth-order valence-corrected chi connectivity index (χ4v) is 3.44. The Kier molecular flexibility index (Phi) is 4.71. The molecule has 1 aliphatic rings. The molecule has 1 fully saturated rings. The number of aliphatic carboxylic acids is 1. The van der Waals surface area contributed by atoms with Gasteiger partial charge in [0.05, 0.1) is 0 Å². The van der Waals surface area contributed by atoms with Crippen LogP contribution in [0.1, 0.15) is 48.5 Å². The van der Waals surface area contributed by atoms with E-state index in [2.05, 4.69) is 15.9 Å². The van der Waals surface area contributed by atoms with Crippen molar-refractivity contribution in [2.24, 2.45) is 0 Å². The van der Waals surface area contributed by atoms with Gasteiger partial charge in [0.15, 0.2) is 0 Å². The number of halogens is 1. The maximum absolute atomic E-state index is 12.7. The van der Waals surface area contributed by atoms with Gasteiger partial charge in [-0.3, -0.25) is 4.79 Å². The van der Waals surface area contributed by atoms with Gasteiger partial charge in [-0.05, 0) is 43.9 Å². The molecule has 0 aliphatic carbocycles. The number of likely N-dealkylation sites (tertiary alicyclic amines) is 1. The van der Waals surface area contributed by atoms with Crippen molar-refractivity contribution in [2.75, 3.05) is 6.54 Å². The van der Waals surface area contributed by atoms with Crippen LogP contribution < -0.4 is 0 Å². The number of amides is 1. The predicted octanol–water partition coefficient (Wildman–Crippen LogP) is 3.62. The van der Waals surface area contributed by atoms with Gasteiger partial charge in [-0.1, -0.05) is 35.3 Å². The SMILES string of the molecule is CCCC1(C(=O)O)CCCN1C(=O)c1ccc(C)c(Br)c1. The lowest BCUT2D eigenvalue weighted by atomic mass is 9.90. The summed E-state index contributed by atoms with van der Waals surface area (Å²) < 4.78 is 0.865. The average molecular weight is 354 g/mol. The summed E-state index contributed by atoms with van der Waals surface area (Å²) in [4.78, 5) is 26.1. The highest BCUT2D eigenvalue weighted by Crippen LogP contribution is 2.35. The molecule has 1 atom stereocenters. The molecular formula is C16H20BrNO3. The van der Waals surface area contributed by atoms with Crippen molar-refractivity contribution in [1.29, 1.82) is 0 Å². The Morgan fingerprint density at radius 1 is 1.43 bits per heavy atom. The molecule has 0 radical (unpaired) electrons. The zero-order valence-corrected chi connectivity index (χ0v) is 13.9. The summed E-state index contributed by atoms with van der Waals surface area (Å²) in [6.45, 7) is 4.41. The van der Waals surface area contributed by atoms with Gasteiger partial charge in [0.1, 0.15) is 5.54 Å². The molecule has 0 saturated carbocycles. The third kappa shape index (κ3) is 2.84. The van der Waals surface area contributed by atoms with Crippen molar-refractivity contribution in [3.8, 4) is 0 Å². The van der Waals surface area contributed by atoms with E-state index < -0.39 is 11.5 Å². The molecule has 0 bridgehead atoms. The van der Waals surface area contributed by atoms with Gasteiger partial charge < -0.3 is 10.0 Å². The molecule has 1 heterocycles. The summed E-state index contributed by atoms with van der Waals surface area (Å²) >= 11 is 3.42. The number of carboxylic acid groups (broad SMARTS) is 1. The van der Waals surface area contributed by atoms with Crippen molar-refractivity contribution >= 4 is 27.8 Å². The minimum Gasteiger partial charge on any atom is -0.479 e. The van der Waals surface area contributed by atoms with Crippen LogP contribution >= 0.6 is 15.9 Å². The molecule has 0 spiro atoms. The van der Waals surface area contributed by atoms with Crippen LogP contribution in [0, 0.1) is 6.92 Å². The summed E-state index contributed by atoms with van der Waals surface area (Å²) in [6, 6.07) is 5.41. The Balaban J connectivity index is 2.36. The third-order valence-corrected chi connectivity index (χ3v) is 5.07. The highest BCUT2D eigenvalue weighted by atomic mass is 79.9. The second-order valence-corrected chi connectivity index (χ2v) is 6.47. The number of benzene rings is 1.